The van der Waals surface area contributed by atoms with Crippen LogP contribution in [-0.4, -0.2) is 42.8 Å². The maximum absolute atomic E-state index is 12.5. The number of imidazole rings is 1. The van der Waals surface area contributed by atoms with E-state index in [1.807, 2.05) is 79.7 Å². The lowest BCUT2D eigenvalue weighted by Crippen LogP contribution is -2.28. The Bertz CT molecular complexity index is 1380. The molecule has 4 rings (SSSR count). The molecule has 0 saturated heterocycles. The van der Waals surface area contributed by atoms with Gasteiger partial charge in [0, 0.05) is 19.5 Å². The van der Waals surface area contributed by atoms with Crippen molar-refractivity contribution in [1.82, 2.24) is 14.9 Å². The average molecular weight is 514 g/mol. The van der Waals surface area contributed by atoms with Crippen molar-refractivity contribution in [2.24, 2.45) is 0 Å². The largest absolute Gasteiger partial charge is 0.497 e. The number of benzene rings is 3. The molecule has 4 aromatic rings. The summed E-state index contributed by atoms with van der Waals surface area (Å²) < 4.78 is 19.0. The summed E-state index contributed by atoms with van der Waals surface area (Å²) in [7, 11) is 3.28. The Labute approximate surface area is 224 Å². The third-order valence-electron chi connectivity index (χ3n) is 6.26. The molecule has 1 amide bonds. The molecule has 0 unspecified atom stereocenters. The van der Waals surface area contributed by atoms with Crippen LogP contribution in [0.3, 0.4) is 0 Å². The van der Waals surface area contributed by atoms with Crippen LogP contribution in [0, 0.1) is 0 Å². The van der Waals surface area contributed by atoms with Crippen molar-refractivity contribution >= 4 is 23.0 Å². The van der Waals surface area contributed by atoms with Gasteiger partial charge in [-0.2, -0.15) is 0 Å². The maximum atomic E-state index is 12.5. The van der Waals surface area contributed by atoms with Gasteiger partial charge in [-0.3, -0.25) is 4.79 Å². The molecule has 198 valence electrons. The molecule has 0 radical (unpaired) electrons. The van der Waals surface area contributed by atoms with Crippen molar-refractivity contribution in [2.45, 2.75) is 32.7 Å². The lowest BCUT2D eigenvalue weighted by atomic mass is 10.1. The van der Waals surface area contributed by atoms with Gasteiger partial charge in [0.1, 0.15) is 11.6 Å². The molecule has 0 bridgehead atoms. The van der Waals surface area contributed by atoms with Gasteiger partial charge in [-0.1, -0.05) is 42.5 Å². The minimum absolute atomic E-state index is 0.0133. The van der Waals surface area contributed by atoms with E-state index in [0.29, 0.717) is 26.0 Å². The molecule has 0 atom stereocenters. The van der Waals surface area contributed by atoms with Crippen molar-refractivity contribution < 1.29 is 19.0 Å². The fourth-order valence-corrected chi connectivity index (χ4v) is 4.38. The molecule has 0 saturated carbocycles. The number of rotatable bonds is 13. The van der Waals surface area contributed by atoms with Crippen molar-refractivity contribution in [3.8, 4) is 17.2 Å². The van der Waals surface area contributed by atoms with Gasteiger partial charge in [-0.25, -0.2) is 4.98 Å². The van der Waals surface area contributed by atoms with Gasteiger partial charge in [0.15, 0.2) is 11.5 Å². The number of ether oxygens (including phenoxy) is 3. The zero-order valence-corrected chi connectivity index (χ0v) is 22.3. The van der Waals surface area contributed by atoms with E-state index in [2.05, 4.69) is 16.0 Å². The van der Waals surface area contributed by atoms with Crippen LogP contribution in [0.4, 0.5) is 0 Å². The first-order valence-electron chi connectivity index (χ1n) is 12.9. The fourth-order valence-electron chi connectivity index (χ4n) is 4.38. The van der Waals surface area contributed by atoms with Gasteiger partial charge >= 0.3 is 0 Å². The number of methoxy groups -OCH3 is 2. The molecule has 1 aromatic heterocycles. The van der Waals surface area contributed by atoms with Crippen LogP contribution in [0.25, 0.3) is 17.1 Å². The van der Waals surface area contributed by atoms with Gasteiger partial charge in [0.2, 0.25) is 5.91 Å². The molecule has 0 aliphatic carbocycles. The molecule has 3 aromatic carbocycles. The van der Waals surface area contributed by atoms with E-state index in [-0.39, 0.29) is 5.91 Å². The third-order valence-corrected chi connectivity index (χ3v) is 6.26. The molecule has 38 heavy (non-hydrogen) atoms. The number of hydrogen-bond donors (Lipinski definition) is 1. The van der Waals surface area contributed by atoms with Crippen molar-refractivity contribution in [3.63, 3.8) is 0 Å². The predicted octanol–water partition coefficient (Wildman–Crippen LogP) is 5.46. The number of allylic oxidation sites excluding steroid dienone is 1. The van der Waals surface area contributed by atoms with Crippen LogP contribution >= 0.6 is 0 Å². The van der Waals surface area contributed by atoms with Crippen LogP contribution in [0.1, 0.15) is 30.3 Å². The number of aromatic nitrogens is 2. The van der Waals surface area contributed by atoms with E-state index in [9.17, 15) is 4.79 Å². The quantitative estimate of drug-likeness (QED) is 0.241. The van der Waals surface area contributed by atoms with Gasteiger partial charge in [-0.15, -0.1) is 0 Å². The zero-order valence-electron chi connectivity index (χ0n) is 22.3. The monoisotopic (exact) mass is 513 g/mol. The highest BCUT2D eigenvalue weighted by molar-refractivity contribution is 5.78. The molecule has 0 fully saturated rings. The van der Waals surface area contributed by atoms with E-state index >= 15 is 0 Å². The minimum atomic E-state index is -0.0133. The lowest BCUT2D eigenvalue weighted by Gasteiger charge is -2.13. The van der Waals surface area contributed by atoms with Gasteiger partial charge in [0.25, 0.3) is 0 Å². The van der Waals surface area contributed by atoms with Gasteiger partial charge in [0.05, 0.1) is 38.3 Å². The second-order valence-electron chi connectivity index (χ2n) is 8.91. The van der Waals surface area contributed by atoms with E-state index in [4.69, 9.17) is 19.2 Å². The standard InChI is InChI=1S/C31H35N3O4/c1-4-8-23-13-16-28(29(21-23)37-3)38-20-7-19-34-27-10-6-5-9-26(27)33-30(34)17-18-32-31(35)22-24-11-14-25(36-2)15-12-24/h4-6,8-16,21H,7,17-20,22H2,1-3H3,(H,32,35)/b8-4+. The van der Waals surface area contributed by atoms with Crippen LogP contribution < -0.4 is 19.5 Å². The number of amides is 1. The van der Waals surface area contributed by atoms with E-state index in [1.165, 1.54) is 0 Å². The maximum Gasteiger partial charge on any atom is 0.224 e. The second-order valence-corrected chi connectivity index (χ2v) is 8.91. The first kappa shape index (κ1) is 26.8. The van der Waals surface area contributed by atoms with E-state index in [0.717, 1.165) is 58.2 Å². The first-order valence-corrected chi connectivity index (χ1v) is 12.9. The summed E-state index contributed by atoms with van der Waals surface area (Å²) in [4.78, 5) is 17.3. The second kappa shape index (κ2) is 13.3. The lowest BCUT2D eigenvalue weighted by molar-refractivity contribution is -0.120. The third kappa shape index (κ3) is 6.94. The van der Waals surface area contributed by atoms with Crippen LogP contribution in [0.2, 0.25) is 0 Å². The van der Waals surface area contributed by atoms with Crippen molar-refractivity contribution in [1.29, 1.82) is 0 Å². The smallest absolute Gasteiger partial charge is 0.224 e. The molecule has 0 spiro atoms. The molecule has 0 aliphatic heterocycles. The summed E-state index contributed by atoms with van der Waals surface area (Å²) in [5.74, 6) is 3.17. The minimum Gasteiger partial charge on any atom is -0.497 e. The molecule has 1 N–H and O–H groups in total. The molecule has 7 heteroatoms. The number of nitrogens with one attached hydrogen (secondary N) is 1. The topological polar surface area (TPSA) is 74.6 Å². The Balaban J connectivity index is 1.33. The van der Waals surface area contributed by atoms with Crippen LogP contribution in [0.5, 0.6) is 17.2 Å². The van der Waals surface area contributed by atoms with E-state index in [1.54, 1.807) is 14.2 Å². The summed E-state index contributed by atoms with van der Waals surface area (Å²) in [6, 6.07) is 21.6. The van der Waals surface area contributed by atoms with Crippen molar-refractivity contribution in [3.05, 3.63) is 89.8 Å². The highest BCUT2D eigenvalue weighted by Crippen LogP contribution is 2.29. The van der Waals surface area contributed by atoms with Crippen LogP contribution in [-0.2, 0) is 24.2 Å². The number of fused-ring (bicyclic) bond motifs is 1. The molecular weight excluding hydrogens is 478 g/mol. The first-order chi connectivity index (χ1) is 18.6. The average Bonchev–Trinajstić information content (AvgIpc) is 3.29. The Morgan fingerprint density at radius 1 is 1.00 bits per heavy atom. The molecule has 7 nitrogen and oxygen atoms in total. The highest BCUT2D eigenvalue weighted by Gasteiger charge is 2.12. The SMILES string of the molecule is C/C=C/c1ccc(OCCCn2c(CCNC(=O)Cc3ccc(OC)cc3)nc3ccccc32)c(OC)c1. The number of aryl methyl sites for hydroxylation is 1. The highest BCUT2D eigenvalue weighted by atomic mass is 16.5. The predicted molar refractivity (Wildman–Crippen MR) is 151 cm³/mol. The summed E-state index contributed by atoms with van der Waals surface area (Å²) in [6.45, 7) is 3.81. The number of carbonyl (C=O) groups excluding carboxylic acids is 1. The zero-order chi connectivity index (χ0) is 26.7. The fraction of sp³-hybridized carbons (Fsp3) is 0.290. The van der Waals surface area contributed by atoms with E-state index < -0.39 is 0 Å². The van der Waals surface area contributed by atoms with Crippen molar-refractivity contribution in [2.75, 3.05) is 27.4 Å². The molecule has 0 aliphatic rings. The number of para-hydroxylation sites is 2. The summed E-state index contributed by atoms with van der Waals surface area (Å²) in [6.07, 6.45) is 5.80. The summed E-state index contributed by atoms with van der Waals surface area (Å²) in [5.41, 5.74) is 4.06. The Hall–Kier alpha value is -4.26. The Morgan fingerprint density at radius 3 is 2.58 bits per heavy atom. The Kier molecular flexibility index (Phi) is 9.40. The summed E-state index contributed by atoms with van der Waals surface area (Å²) in [5, 5.41) is 3.03. The molecule has 1 heterocycles. The number of carbonyl (C=O) groups is 1. The van der Waals surface area contributed by atoms with Gasteiger partial charge in [-0.05, 0) is 60.9 Å². The summed E-state index contributed by atoms with van der Waals surface area (Å²) >= 11 is 0. The number of hydrogen-bond acceptors (Lipinski definition) is 5. The number of nitrogens with zero attached hydrogens (tertiary/aromatic N) is 2. The normalized spacial score (nSPS) is 11.1. The van der Waals surface area contributed by atoms with Gasteiger partial charge < -0.3 is 24.1 Å². The van der Waals surface area contributed by atoms with Crippen LogP contribution in [0.15, 0.2) is 72.8 Å². The Morgan fingerprint density at radius 2 is 1.82 bits per heavy atom. The molecular formula is C31H35N3O4.